The maximum Gasteiger partial charge on any atom is 0.335 e. The molecule has 0 amide bonds. The summed E-state index contributed by atoms with van der Waals surface area (Å²) in [5.41, 5.74) is 4.15. The zero-order chi connectivity index (χ0) is 22.7. The van der Waals surface area contributed by atoms with Crippen molar-refractivity contribution in [1.82, 2.24) is 14.8 Å². The maximum absolute atomic E-state index is 10.2. The van der Waals surface area contributed by atoms with Gasteiger partial charge in [-0.15, -0.1) is 0 Å². The van der Waals surface area contributed by atoms with Crippen molar-refractivity contribution in [2.75, 3.05) is 26.7 Å². The highest BCUT2D eigenvalue weighted by Crippen LogP contribution is 2.33. The van der Waals surface area contributed by atoms with E-state index in [9.17, 15) is 4.79 Å². The summed E-state index contributed by atoms with van der Waals surface area (Å²) < 4.78 is 5.70. The first kappa shape index (κ1) is 22.4. The fraction of sp³-hybridized carbons (Fsp3) is 0.423. The number of hydrogen-bond acceptors (Lipinski definition) is 4. The van der Waals surface area contributed by atoms with E-state index in [1.54, 1.807) is 37.4 Å². The molecule has 0 aliphatic carbocycles. The normalized spacial score (nSPS) is 21.1. The fourth-order valence-electron chi connectivity index (χ4n) is 5.10. The second kappa shape index (κ2) is 9.76. The number of aromatic carboxylic acids is 1. The summed E-state index contributed by atoms with van der Waals surface area (Å²) in [6.07, 6.45) is 4.74. The standard InChI is InChI=1S/C19H27N3O.C7H6O2/c1-13-10-18(23-3)17(16-6-7-20-19(13)16)12-21-8-9-22-14(2)4-5-15(22)11-21;8-7(9)6-4-2-1-3-5-6/h6-7,10,14-15,20H,4-5,8-9,11-12H2,1-3H3;1-5H,(H,8,9). The van der Waals surface area contributed by atoms with Gasteiger partial charge in [-0.05, 0) is 56.5 Å². The number of fused-ring (bicyclic) bond motifs is 2. The number of aromatic amines is 1. The molecule has 2 fully saturated rings. The van der Waals surface area contributed by atoms with E-state index in [0.717, 1.165) is 30.9 Å². The minimum Gasteiger partial charge on any atom is -0.496 e. The van der Waals surface area contributed by atoms with Crippen molar-refractivity contribution in [3.8, 4) is 5.75 Å². The third-order valence-corrected chi connectivity index (χ3v) is 6.83. The summed E-state index contributed by atoms with van der Waals surface area (Å²) in [6.45, 7) is 9.05. The van der Waals surface area contributed by atoms with Gasteiger partial charge in [-0.2, -0.15) is 0 Å². The van der Waals surface area contributed by atoms with Crippen molar-refractivity contribution in [1.29, 1.82) is 0 Å². The molecule has 2 saturated heterocycles. The topological polar surface area (TPSA) is 68.8 Å². The minimum atomic E-state index is -0.879. The fourth-order valence-corrected chi connectivity index (χ4v) is 5.10. The number of carboxylic acid groups (broad SMARTS) is 1. The van der Waals surface area contributed by atoms with E-state index in [-0.39, 0.29) is 0 Å². The van der Waals surface area contributed by atoms with Crippen LogP contribution in [0.25, 0.3) is 10.9 Å². The number of hydrogen-bond donors (Lipinski definition) is 2. The molecule has 2 aromatic carbocycles. The van der Waals surface area contributed by atoms with Crippen molar-refractivity contribution in [3.05, 3.63) is 65.4 Å². The number of carbonyl (C=O) groups is 1. The van der Waals surface area contributed by atoms with Gasteiger partial charge in [0.2, 0.25) is 0 Å². The first-order valence-electron chi connectivity index (χ1n) is 11.4. The molecule has 0 radical (unpaired) electrons. The first-order valence-corrected chi connectivity index (χ1v) is 11.4. The van der Waals surface area contributed by atoms with E-state index in [2.05, 4.69) is 40.8 Å². The number of nitrogens with one attached hydrogen (secondary N) is 1. The number of ether oxygens (including phenoxy) is 1. The number of benzene rings is 2. The quantitative estimate of drug-likeness (QED) is 0.630. The van der Waals surface area contributed by atoms with Crippen LogP contribution >= 0.6 is 0 Å². The van der Waals surface area contributed by atoms with Gasteiger partial charge >= 0.3 is 5.97 Å². The van der Waals surface area contributed by atoms with Crippen LogP contribution < -0.4 is 4.74 Å². The van der Waals surface area contributed by atoms with Crippen LogP contribution in [-0.2, 0) is 6.54 Å². The Hall–Kier alpha value is -2.83. The molecular formula is C26H33N3O3. The van der Waals surface area contributed by atoms with Crippen LogP contribution in [0.1, 0.15) is 41.3 Å². The number of methoxy groups -OCH3 is 1. The highest BCUT2D eigenvalue weighted by atomic mass is 16.5. The van der Waals surface area contributed by atoms with Crippen LogP contribution in [0.3, 0.4) is 0 Å². The van der Waals surface area contributed by atoms with Gasteiger partial charge in [0, 0.05) is 60.9 Å². The molecule has 6 nitrogen and oxygen atoms in total. The number of piperazine rings is 1. The van der Waals surface area contributed by atoms with Crippen molar-refractivity contribution in [3.63, 3.8) is 0 Å². The van der Waals surface area contributed by atoms with E-state index in [1.807, 2.05) is 6.20 Å². The lowest BCUT2D eigenvalue weighted by molar-refractivity contribution is 0.0697. The van der Waals surface area contributed by atoms with Gasteiger partial charge in [0.05, 0.1) is 12.7 Å². The smallest absolute Gasteiger partial charge is 0.335 e. The molecule has 32 heavy (non-hydrogen) atoms. The van der Waals surface area contributed by atoms with Gasteiger partial charge in [0.15, 0.2) is 0 Å². The molecule has 5 rings (SSSR count). The molecule has 3 aromatic rings. The second-order valence-corrected chi connectivity index (χ2v) is 8.86. The van der Waals surface area contributed by atoms with Crippen LogP contribution in [0, 0.1) is 6.92 Å². The van der Waals surface area contributed by atoms with E-state index in [4.69, 9.17) is 9.84 Å². The maximum atomic E-state index is 10.2. The molecule has 2 unspecified atom stereocenters. The van der Waals surface area contributed by atoms with E-state index < -0.39 is 5.97 Å². The summed E-state index contributed by atoms with van der Waals surface area (Å²) in [7, 11) is 1.79. The molecule has 2 N–H and O–H groups in total. The Morgan fingerprint density at radius 2 is 1.97 bits per heavy atom. The Morgan fingerprint density at radius 1 is 1.19 bits per heavy atom. The Morgan fingerprint density at radius 3 is 2.66 bits per heavy atom. The number of nitrogens with zero attached hydrogens (tertiary/aromatic N) is 2. The van der Waals surface area contributed by atoms with E-state index in [0.29, 0.717) is 5.56 Å². The molecule has 0 bridgehead atoms. The lowest BCUT2D eigenvalue weighted by Gasteiger charge is -2.39. The summed E-state index contributed by atoms with van der Waals surface area (Å²) in [5, 5.41) is 9.69. The lowest BCUT2D eigenvalue weighted by atomic mass is 10.0. The van der Waals surface area contributed by atoms with Crippen LogP contribution in [0.5, 0.6) is 5.75 Å². The molecule has 1 aromatic heterocycles. The van der Waals surface area contributed by atoms with Crippen molar-refractivity contribution >= 4 is 16.9 Å². The average molecular weight is 436 g/mol. The average Bonchev–Trinajstić information content (AvgIpc) is 3.44. The molecule has 2 atom stereocenters. The van der Waals surface area contributed by atoms with Crippen molar-refractivity contribution < 1.29 is 14.6 Å². The largest absolute Gasteiger partial charge is 0.496 e. The van der Waals surface area contributed by atoms with Gasteiger partial charge in [0.1, 0.15) is 5.75 Å². The lowest BCUT2D eigenvalue weighted by Crippen LogP contribution is -2.51. The summed E-state index contributed by atoms with van der Waals surface area (Å²) in [4.78, 5) is 18.9. The monoisotopic (exact) mass is 435 g/mol. The van der Waals surface area contributed by atoms with Gasteiger partial charge in [0.25, 0.3) is 0 Å². The predicted octanol–water partition coefficient (Wildman–Crippen LogP) is 4.54. The molecule has 6 heteroatoms. The Balaban J connectivity index is 0.000000230. The van der Waals surface area contributed by atoms with Gasteiger partial charge in [-0.1, -0.05) is 18.2 Å². The van der Waals surface area contributed by atoms with E-state index in [1.165, 1.54) is 48.0 Å². The van der Waals surface area contributed by atoms with Gasteiger partial charge < -0.3 is 14.8 Å². The Labute approximate surface area is 189 Å². The molecule has 3 heterocycles. The predicted molar refractivity (Wildman–Crippen MR) is 127 cm³/mol. The number of aryl methyl sites for hydroxylation is 1. The molecule has 170 valence electrons. The van der Waals surface area contributed by atoms with Crippen LogP contribution in [0.15, 0.2) is 48.7 Å². The summed E-state index contributed by atoms with van der Waals surface area (Å²) >= 11 is 0. The van der Waals surface area contributed by atoms with Crippen LogP contribution in [0.2, 0.25) is 0 Å². The minimum absolute atomic E-state index is 0.331. The Kier molecular flexibility index (Phi) is 6.82. The van der Waals surface area contributed by atoms with Crippen LogP contribution in [0.4, 0.5) is 0 Å². The second-order valence-electron chi connectivity index (χ2n) is 8.86. The third kappa shape index (κ3) is 4.66. The zero-order valence-electron chi connectivity index (χ0n) is 19.2. The highest BCUT2D eigenvalue weighted by Gasteiger charge is 2.35. The van der Waals surface area contributed by atoms with E-state index >= 15 is 0 Å². The Bertz CT molecular complexity index is 1060. The number of H-pyrrole nitrogens is 1. The first-order chi connectivity index (χ1) is 15.5. The van der Waals surface area contributed by atoms with Gasteiger partial charge in [-0.25, -0.2) is 4.79 Å². The number of rotatable bonds is 4. The highest BCUT2D eigenvalue weighted by molar-refractivity contribution is 5.88. The van der Waals surface area contributed by atoms with Gasteiger partial charge in [-0.3, -0.25) is 9.80 Å². The number of carboxylic acids is 1. The SMILES string of the molecule is COc1cc(C)c2[nH]ccc2c1CN1CCN2C(C)CCC2C1.O=C(O)c1ccccc1. The van der Waals surface area contributed by atoms with Crippen LogP contribution in [-0.4, -0.2) is 64.7 Å². The zero-order valence-corrected chi connectivity index (χ0v) is 19.2. The molecule has 2 aliphatic rings. The summed E-state index contributed by atoms with van der Waals surface area (Å²) in [6, 6.07) is 14.2. The molecular weight excluding hydrogens is 402 g/mol. The third-order valence-electron chi connectivity index (χ3n) is 6.83. The molecule has 0 spiro atoms. The number of aromatic nitrogens is 1. The molecule has 2 aliphatic heterocycles. The van der Waals surface area contributed by atoms with Crippen molar-refractivity contribution in [2.24, 2.45) is 0 Å². The van der Waals surface area contributed by atoms with Crippen molar-refractivity contribution in [2.45, 2.75) is 45.3 Å². The molecule has 0 saturated carbocycles. The summed E-state index contributed by atoms with van der Waals surface area (Å²) in [5.74, 6) is 0.146.